The van der Waals surface area contributed by atoms with Crippen LogP contribution in [0.25, 0.3) is 0 Å². The van der Waals surface area contributed by atoms with E-state index in [1.165, 1.54) is 0 Å². The first-order chi connectivity index (χ1) is 7.63. The minimum atomic E-state index is 0.204. The van der Waals surface area contributed by atoms with Crippen molar-refractivity contribution in [3.63, 3.8) is 0 Å². The van der Waals surface area contributed by atoms with Gasteiger partial charge in [-0.2, -0.15) is 0 Å². The largest absolute Gasteiger partial charge is 0.494 e. The first-order valence-corrected chi connectivity index (χ1v) is 5.60. The molecule has 0 aliphatic carbocycles. The van der Waals surface area contributed by atoms with Gasteiger partial charge in [0.05, 0.1) is 6.61 Å². The molecule has 0 amide bonds. The lowest BCUT2D eigenvalue weighted by atomic mass is 10.2. The highest BCUT2D eigenvalue weighted by atomic mass is 16.5. The van der Waals surface area contributed by atoms with Crippen molar-refractivity contribution in [2.24, 2.45) is 0 Å². The molecule has 0 aliphatic rings. The lowest BCUT2D eigenvalue weighted by Gasteiger charge is -2.10. The number of ketones is 1. The minimum absolute atomic E-state index is 0.204. The molecule has 1 aromatic carbocycles. The van der Waals surface area contributed by atoms with Gasteiger partial charge in [-0.3, -0.25) is 4.79 Å². The molecule has 0 saturated carbocycles. The zero-order valence-electron chi connectivity index (χ0n) is 10.2. The van der Waals surface area contributed by atoms with Crippen molar-refractivity contribution >= 4 is 11.5 Å². The Bertz CT molecular complexity index is 361. The monoisotopic (exact) mass is 221 g/mol. The molecule has 3 nitrogen and oxygen atoms in total. The lowest BCUT2D eigenvalue weighted by molar-refractivity contribution is -0.116. The standard InChI is InChI=1S/C13H19NO2/c1-4-16-13-6-5-12(9-10(13)2)14-8-7-11(3)15/h5-6,9,14H,4,7-8H2,1-3H3. The number of Topliss-reactive ketones (excluding diaryl/α,β-unsaturated/α-hetero) is 1. The van der Waals surface area contributed by atoms with Crippen molar-refractivity contribution in [2.45, 2.75) is 27.2 Å². The number of ether oxygens (including phenoxy) is 1. The summed E-state index contributed by atoms with van der Waals surface area (Å²) in [6.45, 7) is 6.95. The highest BCUT2D eigenvalue weighted by Crippen LogP contribution is 2.21. The van der Waals surface area contributed by atoms with Gasteiger partial charge in [0.1, 0.15) is 11.5 Å². The topological polar surface area (TPSA) is 38.3 Å². The van der Waals surface area contributed by atoms with Crippen LogP contribution in [-0.2, 0) is 4.79 Å². The molecule has 0 bridgehead atoms. The predicted molar refractivity (Wildman–Crippen MR) is 66.1 cm³/mol. The summed E-state index contributed by atoms with van der Waals surface area (Å²) in [4.78, 5) is 10.8. The third-order valence-corrected chi connectivity index (χ3v) is 2.28. The lowest BCUT2D eigenvalue weighted by Crippen LogP contribution is -2.06. The number of carbonyl (C=O) groups is 1. The van der Waals surface area contributed by atoms with Gasteiger partial charge in [-0.15, -0.1) is 0 Å². The van der Waals surface area contributed by atoms with E-state index in [4.69, 9.17) is 4.74 Å². The molecular weight excluding hydrogens is 202 g/mol. The Morgan fingerprint density at radius 3 is 2.75 bits per heavy atom. The van der Waals surface area contributed by atoms with E-state index in [2.05, 4.69) is 5.32 Å². The van der Waals surface area contributed by atoms with Gasteiger partial charge in [-0.25, -0.2) is 0 Å². The molecule has 0 atom stereocenters. The van der Waals surface area contributed by atoms with Crippen LogP contribution in [0.15, 0.2) is 18.2 Å². The van der Waals surface area contributed by atoms with Crippen LogP contribution < -0.4 is 10.1 Å². The molecule has 0 spiro atoms. The Balaban J connectivity index is 2.55. The molecule has 16 heavy (non-hydrogen) atoms. The van der Waals surface area contributed by atoms with Crippen LogP contribution in [0, 0.1) is 6.92 Å². The summed E-state index contributed by atoms with van der Waals surface area (Å²) >= 11 is 0. The third kappa shape index (κ3) is 3.93. The molecule has 0 aromatic heterocycles. The maximum atomic E-state index is 10.8. The summed E-state index contributed by atoms with van der Waals surface area (Å²) in [6.07, 6.45) is 0.562. The number of hydrogen-bond acceptors (Lipinski definition) is 3. The zero-order chi connectivity index (χ0) is 12.0. The highest BCUT2D eigenvalue weighted by molar-refractivity contribution is 5.76. The van der Waals surface area contributed by atoms with Gasteiger partial charge in [0.2, 0.25) is 0 Å². The number of hydrogen-bond donors (Lipinski definition) is 1. The van der Waals surface area contributed by atoms with Crippen LogP contribution in [0.4, 0.5) is 5.69 Å². The van der Waals surface area contributed by atoms with Gasteiger partial charge >= 0.3 is 0 Å². The fourth-order valence-corrected chi connectivity index (χ4v) is 1.46. The second-order valence-corrected chi connectivity index (χ2v) is 3.79. The summed E-state index contributed by atoms with van der Waals surface area (Å²) in [5.41, 5.74) is 2.14. The van der Waals surface area contributed by atoms with Crippen LogP contribution in [0.2, 0.25) is 0 Å². The van der Waals surface area contributed by atoms with E-state index >= 15 is 0 Å². The Morgan fingerprint density at radius 2 is 2.19 bits per heavy atom. The molecule has 88 valence electrons. The minimum Gasteiger partial charge on any atom is -0.494 e. The number of rotatable bonds is 6. The Kier molecular flexibility index (Phi) is 4.83. The van der Waals surface area contributed by atoms with Gasteiger partial charge < -0.3 is 10.1 Å². The maximum absolute atomic E-state index is 10.8. The highest BCUT2D eigenvalue weighted by Gasteiger charge is 2.00. The average Bonchev–Trinajstić information content (AvgIpc) is 2.21. The van der Waals surface area contributed by atoms with Crippen molar-refractivity contribution in [1.82, 2.24) is 0 Å². The Morgan fingerprint density at radius 1 is 1.44 bits per heavy atom. The van der Waals surface area contributed by atoms with E-state index in [1.54, 1.807) is 6.92 Å². The quantitative estimate of drug-likeness (QED) is 0.802. The first kappa shape index (κ1) is 12.6. The molecular formula is C13H19NO2. The van der Waals surface area contributed by atoms with Gasteiger partial charge in [-0.05, 0) is 44.5 Å². The van der Waals surface area contributed by atoms with Crippen LogP contribution in [0.1, 0.15) is 25.8 Å². The molecule has 1 aromatic rings. The summed E-state index contributed by atoms with van der Waals surface area (Å²) in [5.74, 6) is 1.12. The molecule has 0 radical (unpaired) electrons. The van der Waals surface area contributed by atoms with Crippen LogP contribution in [0.3, 0.4) is 0 Å². The maximum Gasteiger partial charge on any atom is 0.131 e. The first-order valence-electron chi connectivity index (χ1n) is 5.60. The van der Waals surface area contributed by atoms with Gasteiger partial charge in [-0.1, -0.05) is 0 Å². The van der Waals surface area contributed by atoms with E-state index in [0.29, 0.717) is 19.6 Å². The summed E-state index contributed by atoms with van der Waals surface area (Å²) in [5, 5.41) is 3.21. The van der Waals surface area contributed by atoms with E-state index in [1.807, 2.05) is 32.0 Å². The molecule has 3 heteroatoms. The third-order valence-electron chi connectivity index (χ3n) is 2.28. The molecule has 1 rings (SSSR count). The van der Waals surface area contributed by atoms with Gasteiger partial charge in [0, 0.05) is 18.7 Å². The van der Waals surface area contributed by atoms with Crippen LogP contribution in [0.5, 0.6) is 5.75 Å². The van der Waals surface area contributed by atoms with Crippen LogP contribution in [-0.4, -0.2) is 18.9 Å². The SMILES string of the molecule is CCOc1ccc(NCCC(C)=O)cc1C. The van der Waals surface area contributed by atoms with E-state index in [0.717, 1.165) is 17.0 Å². The van der Waals surface area contributed by atoms with Crippen molar-refractivity contribution < 1.29 is 9.53 Å². The van der Waals surface area contributed by atoms with Crippen molar-refractivity contribution in [3.8, 4) is 5.75 Å². The molecule has 0 saturated heterocycles. The Hall–Kier alpha value is -1.51. The molecule has 1 N–H and O–H groups in total. The van der Waals surface area contributed by atoms with Gasteiger partial charge in [0.25, 0.3) is 0 Å². The number of carbonyl (C=O) groups excluding carboxylic acids is 1. The van der Waals surface area contributed by atoms with E-state index in [-0.39, 0.29) is 5.78 Å². The normalized spacial score (nSPS) is 9.94. The van der Waals surface area contributed by atoms with Gasteiger partial charge in [0.15, 0.2) is 0 Å². The number of anilines is 1. The second-order valence-electron chi connectivity index (χ2n) is 3.79. The van der Waals surface area contributed by atoms with Crippen molar-refractivity contribution in [3.05, 3.63) is 23.8 Å². The zero-order valence-corrected chi connectivity index (χ0v) is 10.2. The molecule has 0 fully saturated rings. The second kappa shape index (κ2) is 6.16. The number of nitrogens with one attached hydrogen (secondary N) is 1. The summed E-state index contributed by atoms with van der Waals surface area (Å²) < 4.78 is 5.45. The van der Waals surface area contributed by atoms with Crippen LogP contribution >= 0.6 is 0 Å². The predicted octanol–water partition coefficient (Wildman–Crippen LogP) is 2.78. The van der Waals surface area contributed by atoms with E-state index in [9.17, 15) is 4.79 Å². The molecule has 0 unspecified atom stereocenters. The number of aryl methyl sites for hydroxylation is 1. The summed E-state index contributed by atoms with van der Waals surface area (Å²) in [7, 11) is 0. The van der Waals surface area contributed by atoms with Crippen molar-refractivity contribution in [2.75, 3.05) is 18.5 Å². The smallest absolute Gasteiger partial charge is 0.131 e. The Labute approximate surface area is 96.8 Å². The van der Waals surface area contributed by atoms with E-state index < -0.39 is 0 Å². The molecule has 0 heterocycles. The van der Waals surface area contributed by atoms with Crippen molar-refractivity contribution in [1.29, 1.82) is 0 Å². The number of benzene rings is 1. The fourth-order valence-electron chi connectivity index (χ4n) is 1.46. The molecule has 0 aliphatic heterocycles. The average molecular weight is 221 g/mol. The summed E-state index contributed by atoms with van der Waals surface area (Å²) in [6, 6.07) is 5.96. The fraction of sp³-hybridized carbons (Fsp3) is 0.462.